The van der Waals surface area contributed by atoms with Gasteiger partial charge in [-0.3, -0.25) is 9.20 Å². The van der Waals surface area contributed by atoms with Gasteiger partial charge in [-0.1, -0.05) is 6.07 Å². The molecule has 0 unspecified atom stereocenters. The third kappa shape index (κ3) is 5.55. The van der Waals surface area contributed by atoms with Gasteiger partial charge in [-0.25, -0.2) is 9.97 Å². The molecular formula is C23H26F3N5O2. The fraction of sp³-hybridized carbons (Fsp3) is 0.435. The first-order valence-corrected chi connectivity index (χ1v) is 10.9. The number of aromatic nitrogens is 3. The van der Waals surface area contributed by atoms with Gasteiger partial charge in [0.1, 0.15) is 11.5 Å². The number of hydrogen-bond acceptors (Lipinski definition) is 5. The average Bonchev–Trinajstić information content (AvgIpc) is 3.21. The number of halogens is 3. The number of ether oxygens (including phenoxy) is 1. The molecule has 7 nitrogen and oxygen atoms in total. The molecule has 0 bridgehead atoms. The van der Waals surface area contributed by atoms with Gasteiger partial charge in [-0.2, -0.15) is 13.2 Å². The maximum atomic E-state index is 13.0. The van der Waals surface area contributed by atoms with Crippen LogP contribution in [0.25, 0.3) is 5.65 Å². The smallest absolute Gasteiger partial charge is 0.434 e. The normalized spacial score (nSPS) is 19.0. The number of anilines is 1. The molecule has 1 saturated carbocycles. The van der Waals surface area contributed by atoms with E-state index in [1.165, 1.54) is 4.40 Å². The van der Waals surface area contributed by atoms with Gasteiger partial charge >= 0.3 is 6.18 Å². The molecule has 0 radical (unpaired) electrons. The summed E-state index contributed by atoms with van der Waals surface area (Å²) in [5.41, 5.74) is -0.180. The largest absolute Gasteiger partial charge is 0.475 e. The SMILES string of the molecule is CC(C)Oc1cc(C(=O)NC2CCC(Nc3cccc4nc(C(F)(F)F)cn34)CC2)ccn1. The van der Waals surface area contributed by atoms with E-state index < -0.39 is 11.9 Å². The second-order valence-corrected chi connectivity index (χ2v) is 8.48. The highest BCUT2D eigenvalue weighted by Crippen LogP contribution is 2.30. The van der Waals surface area contributed by atoms with E-state index in [4.69, 9.17) is 4.74 Å². The second kappa shape index (κ2) is 9.29. The van der Waals surface area contributed by atoms with E-state index in [0.29, 0.717) is 17.3 Å². The molecule has 0 atom stereocenters. The van der Waals surface area contributed by atoms with E-state index in [1.54, 1.807) is 36.5 Å². The average molecular weight is 461 g/mol. The lowest BCUT2D eigenvalue weighted by Crippen LogP contribution is -2.40. The minimum absolute atomic E-state index is 0.0269. The van der Waals surface area contributed by atoms with Gasteiger partial charge in [0.15, 0.2) is 5.69 Å². The molecule has 3 heterocycles. The molecule has 10 heteroatoms. The number of pyridine rings is 2. The number of amides is 1. The predicted octanol–water partition coefficient (Wildman–Crippen LogP) is 4.69. The third-order valence-electron chi connectivity index (χ3n) is 5.55. The van der Waals surface area contributed by atoms with E-state index in [-0.39, 0.29) is 29.7 Å². The zero-order valence-corrected chi connectivity index (χ0v) is 18.4. The molecule has 0 aromatic carbocycles. The summed E-state index contributed by atoms with van der Waals surface area (Å²) in [4.78, 5) is 20.4. The molecule has 33 heavy (non-hydrogen) atoms. The standard InChI is InChI=1S/C23H26F3N5O2/c1-14(2)33-21-12-15(10-11-27-21)22(32)29-17-8-6-16(7-9-17)28-19-4-3-5-20-30-18(13-31(19)20)23(24,25)26/h3-5,10-14,16-17,28H,6-9H2,1-2H3,(H,29,32). The highest BCUT2D eigenvalue weighted by atomic mass is 19.4. The van der Waals surface area contributed by atoms with Crippen LogP contribution in [0.4, 0.5) is 19.0 Å². The monoisotopic (exact) mass is 461 g/mol. The van der Waals surface area contributed by atoms with Gasteiger partial charge < -0.3 is 15.4 Å². The van der Waals surface area contributed by atoms with Crippen LogP contribution in [0.15, 0.2) is 42.7 Å². The molecule has 0 saturated heterocycles. The lowest BCUT2D eigenvalue weighted by atomic mass is 9.91. The first kappa shape index (κ1) is 22.9. The molecule has 1 aliphatic carbocycles. The topological polar surface area (TPSA) is 80.5 Å². The number of alkyl halides is 3. The van der Waals surface area contributed by atoms with E-state index >= 15 is 0 Å². The zero-order valence-electron chi connectivity index (χ0n) is 18.4. The van der Waals surface area contributed by atoms with E-state index in [2.05, 4.69) is 20.6 Å². The van der Waals surface area contributed by atoms with Gasteiger partial charge in [0.2, 0.25) is 5.88 Å². The highest BCUT2D eigenvalue weighted by molar-refractivity contribution is 5.94. The van der Waals surface area contributed by atoms with Gasteiger partial charge in [0.05, 0.1) is 6.10 Å². The first-order chi connectivity index (χ1) is 15.7. The Morgan fingerprint density at radius 2 is 1.88 bits per heavy atom. The fourth-order valence-electron chi connectivity index (χ4n) is 3.98. The van der Waals surface area contributed by atoms with Crippen LogP contribution in [0.3, 0.4) is 0 Å². The molecule has 1 aliphatic rings. The van der Waals surface area contributed by atoms with Crippen molar-refractivity contribution < 1.29 is 22.7 Å². The van der Waals surface area contributed by atoms with Crippen LogP contribution < -0.4 is 15.4 Å². The minimum Gasteiger partial charge on any atom is -0.475 e. The van der Waals surface area contributed by atoms with Gasteiger partial charge in [-0.05, 0) is 57.7 Å². The summed E-state index contributed by atoms with van der Waals surface area (Å²) in [7, 11) is 0. The van der Waals surface area contributed by atoms with Crippen LogP contribution in [-0.4, -0.2) is 38.5 Å². The number of rotatable bonds is 6. The number of carbonyl (C=O) groups is 1. The summed E-state index contributed by atoms with van der Waals surface area (Å²) in [5.74, 6) is 0.802. The van der Waals surface area contributed by atoms with E-state index in [9.17, 15) is 18.0 Å². The highest BCUT2D eigenvalue weighted by Gasteiger charge is 2.34. The summed E-state index contributed by atoms with van der Waals surface area (Å²) in [6.45, 7) is 3.78. The number of fused-ring (bicyclic) bond motifs is 1. The quantitative estimate of drug-likeness (QED) is 0.557. The lowest BCUT2D eigenvalue weighted by molar-refractivity contribution is -0.140. The number of hydrogen-bond donors (Lipinski definition) is 2. The number of carbonyl (C=O) groups excluding carboxylic acids is 1. The molecule has 0 spiro atoms. The number of imidazole rings is 1. The van der Waals surface area contributed by atoms with Crippen molar-refractivity contribution in [3.05, 3.63) is 54.0 Å². The third-order valence-corrected chi connectivity index (χ3v) is 5.55. The van der Waals surface area contributed by atoms with Crippen molar-refractivity contribution >= 4 is 17.4 Å². The Hall–Kier alpha value is -3.30. The predicted molar refractivity (Wildman–Crippen MR) is 117 cm³/mol. The molecule has 0 aliphatic heterocycles. The summed E-state index contributed by atoms with van der Waals surface area (Å²) < 4.78 is 46.0. The zero-order chi connectivity index (χ0) is 23.6. The molecular weight excluding hydrogens is 435 g/mol. The van der Waals surface area contributed by atoms with Crippen LogP contribution in [0.2, 0.25) is 0 Å². The van der Waals surface area contributed by atoms with Crippen molar-refractivity contribution in [2.24, 2.45) is 0 Å². The van der Waals surface area contributed by atoms with Crippen LogP contribution in [0.5, 0.6) is 5.88 Å². The Kier molecular flexibility index (Phi) is 6.44. The Balaban J connectivity index is 1.34. The Morgan fingerprint density at radius 1 is 1.15 bits per heavy atom. The van der Waals surface area contributed by atoms with Gasteiger partial charge in [0, 0.05) is 36.1 Å². The Labute approximate surface area is 189 Å². The van der Waals surface area contributed by atoms with Gasteiger partial charge in [0.25, 0.3) is 5.91 Å². The molecule has 4 rings (SSSR count). The van der Waals surface area contributed by atoms with Crippen LogP contribution in [-0.2, 0) is 6.18 Å². The maximum Gasteiger partial charge on any atom is 0.434 e. The van der Waals surface area contributed by atoms with E-state index in [0.717, 1.165) is 31.9 Å². The van der Waals surface area contributed by atoms with Crippen LogP contribution in [0.1, 0.15) is 55.6 Å². The molecule has 176 valence electrons. The number of nitrogens with one attached hydrogen (secondary N) is 2. The molecule has 1 fully saturated rings. The van der Waals surface area contributed by atoms with Crippen molar-refractivity contribution in [1.29, 1.82) is 0 Å². The molecule has 3 aromatic heterocycles. The molecule has 3 aromatic rings. The van der Waals surface area contributed by atoms with Crippen molar-refractivity contribution in [1.82, 2.24) is 19.7 Å². The summed E-state index contributed by atoms with van der Waals surface area (Å²) in [6, 6.07) is 8.36. The Morgan fingerprint density at radius 3 is 2.58 bits per heavy atom. The lowest BCUT2D eigenvalue weighted by Gasteiger charge is -2.30. The Bertz CT molecular complexity index is 1120. The number of nitrogens with zero attached hydrogens (tertiary/aromatic N) is 3. The van der Waals surface area contributed by atoms with Crippen molar-refractivity contribution in [3.8, 4) is 5.88 Å². The summed E-state index contributed by atoms with van der Waals surface area (Å²) in [6.07, 6.45) is 1.11. The van der Waals surface area contributed by atoms with E-state index in [1.807, 2.05) is 13.8 Å². The first-order valence-electron chi connectivity index (χ1n) is 10.9. The minimum atomic E-state index is -4.49. The molecule has 2 N–H and O–H groups in total. The van der Waals surface area contributed by atoms with Crippen molar-refractivity contribution in [2.45, 2.75) is 63.9 Å². The van der Waals surface area contributed by atoms with Crippen LogP contribution >= 0.6 is 0 Å². The fourth-order valence-corrected chi connectivity index (χ4v) is 3.98. The maximum absolute atomic E-state index is 13.0. The van der Waals surface area contributed by atoms with Crippen molar-refractivity contribution in [2.75, 3.05) is 5.32 Å². The van der Waals surface area contributed by atoms with Gasteiger partial charge in [-0.15, -0.1) is 0 Å². The summed E-state index contributed by atoms with van der Waals surface area (Å²) >= 11 is 0. The second-order valence-electron chi connectivity index (χ2n) is 8.48. The van der Waals surface area contributed by atoms with Crippen LogP contribution in [0, 0.1) is 0 Å². The van der Waals surface area contributed by atoms with Crippen molar-refractivity contribution in [3.63, 3.8) is 0 Å². The summed E-state index contributed by atoms with van der Waals surface area (Å²) in [5, 5.41) is 6.40. The molecule has 1 amide bonds.